The zero-order chi connectivity index (χ0) is 11.9. The van der Waals surface area contributed by atoms with E-state index >= 15 is 0 Å². The summed E-state index contributed by atoms with van der Waals surface area (Å²) in [7, 11) is 0. The van der Waals surface area contributed by atoms with Crippen LogP contribution >= 0.6 is 0 Å². The summed E-state index contributed by atoms with van der Waals surface area (Å²) in [5.41, 5.74) is 0.653. The van der Waals surface area contributed by atoms with Crippen LogP contribution in [-0.2, 0) is 4.79 Å². The molecule has 2 saturated carbocycles. The third-order valence-electron chi connectivity index (χ3n) is 4.59. The summed E-state index contributed by atoms with van der Waals surface area (Å²) in [5, 5.41) is 10.2. The lowest BCUT2D eigenvalue weighted by Crippen LogP contribution is -2.52. The lowest BCUT2D eigenvalue weighted by atomic mass is 9.58. The fourth-order valence-electron chi connectivity index (χ4n) is 3.26. The van der Waals surface area contributed by atoms with Gasteiger partial charge in [-0.15, -0.1) is 0 Å². The average molecular weight is 222 g/mol. The molecule has 0 saturated heterocycles. The first kappa shape index (κ1) is 11.8. The molecule has 0 aliphatic heterocycles. The molecule has 2 aliphatic carbocycles. The highest BCUT2D eigenvalue weighted by Gasteiger charge is 2.50. The Bertz CT molecular complexity index is 317. The van der Waals surface area contributed by atoms with Crippen molar-refractivity contribution in [1.29, 1.82) is 0 Å². The highest BCUT2D eigenvalue weighted by molar-refractivity contribution is 5.80. The van der Waals surface area contributed by atoms with Crippen LogP contribution in [0.3, 0.4) is 0 Å². The second kappa shape index (κ2) is 3.99. The van der Waals surface area contributed by atoms with Gasteiger partial charge in [-0.1, -0.05) is 19.1 Å². The number of hydrogen-bond acceptors (Lipinski definition) is 2. The summed E-state index contributed by atoms with van der Waals surface area (Å²) < 4.78 is 0. The second-order valence-corrected chi connectivity index (χ2v) is 5.88. The van der Waals surface area contributed by atoms with E-state index < -0.39 is 5.60 Å². The van der Waals surface area contributed by atoms with Crippen LogP contribution in [0.2, 0.25) is 0 Å². The van der Waals surface area contributed by atoms with E-state index in [0.717, 1.165) is 25.7 Å². The van der Waals surface area contributed by atoms with Crippen molar-refractivity contribution in [2.75, 3.05) is 0 Å². The molecule has 0 aromatic heterocycles. The maximum atomic E-state index is 11.8. The fraction of sp³-hybridized carbons (Fsp3) is 0.786. The second-order valence-electron chi connectivity index (χ2n) is 5.88. The van der Waals surface area contributed by atoms with Crippen LogP contribution in [0.4, 0.5) is 0 Å². The topological polar surface area (TPSA) is 37.3 Å². The normalized spacial score (nSPS) is 45.1. The van der Waals surface area contributed by atoms with E-state index in [1.165, 1.54) is 5.57 Å². The Hall–Kier alpha value is -0.630. The van der Waals surface area contributed by atoms with Crippen molar-refractivity contribution in [1.82, 2.24) is 0 Å². The molecule has 0 aromatic carbocycles. The maximum Gasteiger partial charge on any atom is 0.136 e. The molecule has 0 radical (unpaired) electrons. The Labute approximate surface area is 97.7 Å². The summed E-state index contributed by atoms with van der Waals surface area (Å²) >= 11 is 0. The number of Topliss-reactive ketones (excluding diaryl/α,β-unsaturated/α-hetero) is 1. The van der Waals surface area contributed by atoms with Crippen LogP contribution in [0.1, 0.15) is 46.0 Å². The van der Waals surface area contributed by atoms with Gasteiger partial charge in [0, 0.05) is 12.3 Å². The predicted octanol–water partition coefficient (Wildman–Crippen LogP) is 2.71. The fourth-order valence-corrected chi connectivity index (χ4v) is 3.26. The van der Waals surface area contributed by atoms with Gasteiger partial charge in [0.15, 0.2) is 0 Å². The zero-order valence-electron chi connectivity index (χ0n) is 10.3. The predicted molar refractivity (Wildman–Crippen MR) is 64.0 cm³/mol. The van der Waals surface area contributed by atoms with Crippen molar-refractivity contribution < 1.29 is 9.90 Å². The molecule has 2 fully saturated rings. The highest BCUT2D eigenvalue weighted by Crippen LogP contribution is 2.51. The lowest BCUT2D eigenvalue weighted by Gasteiger charge is -2.51. The number of carbonyl (C=O) groups excluding carboxylic acids is 1. The SMILES string of the molecule is C=C1CCC(=O)C(C)CCC2C1CC2(C)O. The third kappa shape index (κ3) is 1.95. The third-order valence-corrected chi connectivity index (χ3v) is 4.59. The molecule has 2 nitrogen and oxygen atoms in total. The number of allylic oxidation sites excluding steroid dienone is 1. The van der Waals surface area contributed by atoms with E-state index in [1.54, 1.807) is 0 Å². The highest BCUT2D eigenvalue weighted by atomic mass is 16.3. The number of hydrogen-bond donors (Lipinski definition) is 1. The molecule has 2 rings (SSSR count). The first-order valence-electron chi connectivity index (χ1n) is 6.34. The van der Waals surface area contributed by atoms with E-state index in [2.05, 4.69) is 6.58 Å². The summed E-state index contributed by atoms with van der Waals surface area (Å²) in [4.78, 5) is 11.8. The van der Waals surface area contributed by atoms with Crippen molar-refractivity contribution in [3.05, 3.63) is 12.2 Å². The van der Waals surface area contributed by atoms with Crippen molar-refractivity contribution >= 4 is 5.78 Å². The van der Waals surface area contributed by atoms with Crippen LogP contribution in [0.25, 0.3) is 0 Å². The summed E-state index contributed by atoms with van der Waals surface area (Å²) in [6.07, 6.45) is 4.18. The van der Waals surface area contributed by atoms with Gasteiger partial charge in [-0.25, -0.2) is 0 Å². The van der Waals surface area contributed by atoms with Crippen molar-refractivity contribution in [2.24, 2.45) is 17.8 Å². The van der Waals surface area contributed by atoms with Gasteiger partial charge in [0.05, 0.1) is 5.60 Å². The van der Waals surface area contributed by atoms with Gasteiger partial charge in [-0.3, -0.25) is 4.79 Å². The first-order valence-corrected chi connectivity index (χ1v) is 6.34. The Morgan fingerprint density at radius 2 is 2.06 bits per heavy atom. The van der Waals surface area contributed by atoms with Gasteiger partial charge in [0.25, 0.3) is 0 Å². The number of fused-ring (bicyclic) bond motifs is 1. The smallest absolute Gasteiger partial charge is 0.136 e. The Morgan fingerprint density at radius 3 is 2.69 bits per heavy atom. The van der Waals surface area contributed by atoms with Gasteiger partial charge in [0.1, 0.15) is 5.78 Å². The van der Waals surface area contributed by atoms with Crippen LogP contribution in [0.5, 0.6) is 0 Å². The van der Waals surface area contributed by atoms with Gasteiger partial charge in [0.2, 0.25) is 0 Å². The van der Waals surface area contributed by atoms with E-state index in [9.17, 15) is 9.90 Å². The van der Waals surface area contributed by atoms with Gasteiger partial charge in [-0.05, 0) is 44.4 Å². The van der Waals surface area contributed by atoms with Crippen LogP contribution < -0.4 is 0 Å². The average Bonchev–Trinajstić information content (AvgIpc) is 2.24. The van der Waals surface area contributed by atoms with Crippen molar-refractivity contribution in [3.63, 3.8) is 0 Å². The minimum atomic E-state index is -0.527. The molecule has 2 aliphatic rings. The molecule has 90 valence electrons. The quantitative estimate of drug-likeness (QED) is 0.640. The molecule has 4 atom stereocenters. The maximum absolute atomic E-state index is 11.8. The van der Waals surface area contributed by atoms with Gasteiger partial charge >= 0.3 is 0 Å². The summed E-state index contributed by atoms with van der Waals surface area (Å²) in [6.45, 7) is 8.04. The zero-order valence-corrected chi connectivity index (χ0v) is 10.3. The molecule has 16 heavy (non-hydrogen) atoms. The van der Waals surface area contributed by atoms with E-state index in [1.807, 2.05) is 13.8 Å². The molecule has 0 heterocycles. The van der Waals surface area contributed by atoms with Gasteiger partial charge in [-0.2, -0.15) is 0 Å². The number of carbonyl (C=O) groups is 1. The molecular weight excluding hydrogens is 200 g/mol. The Morgan fingerprint density at radius 1 is 1.38 bits per heavy atom. The lowest BCUT2D eigenvalue weighted by molar-refractivity contribution is -0.124. The molecular formula is C14H22O2. The Kier molecular flexibility index (Phi) is 2.95. The number of rotatable bonds is 0. The van der Waals surface area contributed by atoms with Crippen LogP contribution in [0, 0.1) is 17.8 Å². The first-order chi connectivity index (χ1) is 7.42. The molecule has 1 N–H and O–H groups in total. The summed E-state index contributed by atoms with van der Waals surface area (Å²) in [6, 6.07) is 0. The number of ketones is 1. The van der Waals surface area contributed by atoms with E-state index in [4.69, 9.17) is 0 Å². The van der Waals surface area contributed by atoms with Crippen LogP contribution in [-0.4, -0.2) is 16.5 Å². The summed E-state index contributed by atoms with van der Waals surface area (Å²) in [5.74, 6) is 1.30. The van der Waals surface area contributed by atoms with Crippen molar-refractivity contribution in [3.8, 4) is 0 Å². The molecule has 4 unspecified atom stereocenters. The minimum absolute atomic E-state index is 0.156. The molecule has 0 aromatic rings. The van der Waals surface area contributed by atoms with Crippen LogP contribution in [0.15, 0.2) is 12.2 Å². The van der Waals surface area contributed by atoms with Crippen molar-refractivity contribution in [2.45, 2.75) is 51.6 Å². The monoisotopic (exact) mass is 222 g/mol. The standard InChI is InChI=1S/C14H22O2/c1-9-5-7-13(15)10(2)4-6-12-11(9)8-14(12,3)16/h10-12,16H,1,4-8H2,2-3H3. The molecule has 0 bridgehead atoms. The van der Waals surface area contributed by atoms with E-state index in [-0.39, 0.29) is 5.92 Å². The minimum Gasteiger partial charge on any atom is -0.390 e. The largest absolute Gasteiger partial charge is 0.390 e. The molecule has 0 amide bonds. The molecule has 2 heteroatoms. The van der Waals surface area contributed by atoms with E-state index in [0.29, 0.717) is 24.0 Å². The number of aliphatic hydroxyl groups is 1. The Balaban J connectivity index is 2.12. The molecule has 0 spiro atoms. The van der Waals surface area contributed by atoms with Gasteiger partial charge < -0.3 is 5.11 Å².